The molecular weight excluding hydrogens is 326 g/mol. The van der Waals surface area contributed by atoms with E-state index in [-0.39, 0.29) is 0 Å². The number of nitrogens with zero attached hydrogens (tertiary/aromatic N) is 2. The number of rotatable bonds is 4. The van der Waals surface area contributed by atoms with E-state index in [0.717, 1.165) is 4.47 Å². The molecule has 0 aliphatic rings. The molecule has 2 heterocycles. The van der Waals surface area contributed by atoms with E-state index in [1.54, 1.807) is 11.3 Å². The Kier molecular flexibility index (Phi) is 4.20. The van der Waals surface area contributed by atoms with Crippen LogP contribution in [0.4, 0.5) is 5.82 Å². The van der Waals surface area contributed by atoms with Crippen molar-refractivity contribution in [3.8, 4) is 6.01 Å². The third-order valence-corrected chi connectivity index (χ3v) is 4.21. The summed E-state index contributed by atoms with van der Waals surface area (Å²) < 4.78 is 6.02. The van der Waals surface area contributed by atoms with Crippen LogP contribution in [-0.4, -0.2) is 17.1 Å². The predicted molar refractivity (Wildman–Crippen MR) is 72.9 cm³/mol. The molecule has 0 spiro atoms. The van der Waals surface area contributed by atoms with Crippen LogP contribution in [0.3, 0.4) is 0 Å². The minimum Gasteiger partial charge on any atom is -0.467 e. The molecule has 2 aromatic heterocycles. The minimum absolute atomic E-state index is 0.294. The van der Waals surface area contributed by atoms with Gasteiger partial charge in [-0.2, -0.15) is 4.98 Å². The van der Waals surface area contributed by atoms with E-state index in [1.807, 2.05) is 11.4 Å². The van der Waals surface area contributed by atoms with E-state index in [2.05, 4.69) is 31.2 Å². The van der Waals surface area contributed by atoms with Gasteiger partial charge in [-0.05, 0) is 27.4 Å². The molecule has 90 valence electrons. The Balaban J connectivity index is 2.11. The van der Waals surface area contributed by atoms with Gasteiger partial charge < -0.3 is 10.1 Å². The highest BCUT2D eigenvalue weighted by Gasteiger charge is 2.07. The Morgan fingerprint density at radius 3 is 3.06 bits per heavy atom. The van der Waals surface area contributed by atoms with Crippen LogP contribution in [0.15, 0.2) is 22.1 Å². The highest BCUT2D eigenvalue weighted by Crippen LogP contribution is 2.25. The SMILES string of the molecule is COc1ncc(Cl)c(NCc2sccc2Br)n1. The average Bonchev–Trinajstić information content (AvgIpc) is 2.74. The summed E-state index contributed by atoms with van der Waals surface area (Å²) in [5, 5.41) is 5.64. The van der Waals surface area contributed by atoms with Gasteiger partial charge in [0, 0.05) is 9.35 Å². The summed E-state index contributed by atoms with van der Waals surface area (Å²) in [6, 6.07) is 2.30. The average molecular weight is 335 g/mol. The number of halogens is 2. The summed E-state index contributed by atoms with van der Waals surface area (Å²) in [4.78, 5) is 9.22. The van der Waals surface area contributed by atoms with Crippen LogP contribution in [0.25, 0.3) is 0 Å². The van der Waals surface area contributed by atoms with Crippen LogP contribution in [0.5, 0.6) is 6.01 Å². The van der Waals surface area contributed by atoms with Crippen LogP contribution in [0.2, 0.25) is 5.02 Å². The Hall–Kier alpha value is -0.850. The van der Waals surface area contributed by atoms with Crippen molar-refractivity contribution in [2.24, 2.45) is 0 Å². The molecule has 0 amide bonds. The van der Waals surface area contributed by atoms with Gasteiger partial charge in [0.2, 0.25) is 0 Å². The van der Waals surface area contributed by atoms with Crippen molar-refractivity contribution < 1.29 is 4.74 Å². The fourth-order valence-corrected chi connectivity index (χ4v) is 2.78. The third-order valence-electron chi connectivity index (χ3n) is 2.01. The molecule has 0 fully saturated rings. The maximum absolute atomic E-state index is 5.98. The minimum atomic E-state index is 0.294. The van der Waals surface area contributed by atoms with Crippen molar-refractivity contribution in [3.63, 3.8) is 0 Å². The molecule has 0 atom stereocenters. The van der Waals surface area contributed by atoms with E-state index < -0.39 is 0 Å². The lowest BCUT2D eigenvalue weighted by molar-refractivity contribution is 0.380. The van der Waals surface area contributed by atoms with Gasteiger partial charge in [0.1, 0.15) is 5.02 Å². The fraction of sp³-hybridized carbons (Fsp3) is 0.200. The molecule has 7 heteroatoms. The Morgan fingerprint density at radius 1 is 1.59 bits per heavy atom. The number of anilines is 1. The van der Waals surface area contributed by atoms with Crippen LogP contribution in [-0.2, 0) is 6.54 Å². The van der Waals surface area contributed by atoms with Crippen molar-refractivity contribution >= 4 is 44.7 Å². The van der Waals surface area contributed by atoms with Crippen molar-refractivity contribution in [1.29, 1.82) is 0 Å². The lowest BCUT2D eigenvalue weighted by Gasteiger charge is -2.07. The topological polar surface area (TPSA) is 47.0 Å². The maximum atomic E-state index is 5.98. The molecule has 0 saturated heterocycles. The molecule has 0 aromatic carbocycles. The first-order chi connectivity index (χ1) is 8.20. The van der Waals surface area contributed by atoms with Gasteiger partial charge in [-0.1, -0.05) is 11.6 Å². The van der Waals surface area contributed by atoms with E-state index in [1.165, 1.54) is 18.2 Å². The number of ether oxygens (including phenoxy) is 1. The summed E-state index contributed by atoms with van der Waals surface area (Å²) in [5.41, 5.74) is 0. The van der Waals surface area contributed by atoms with E-state index >= 15 is 0 Å². The van der Waals surface area contributed by atoms with Gasteiger partial charge in [0.15, 0.2) is 5.82 Å². The number of nitrogens with one attached hydrogen (secondary N) is 1. The first kappa shape index (κ1) is 12.6. The number of hydrogen-bond acceptors (Lipinski definition) is 5. The zero-order valence-corrected chi connectivity index (χ0v) is 12.1. The molecule has 0 unspecified atom stereocenters. The third kappa shape index (κ3) is 3.08. The number of thiophene rings is 1. The predicted octanol–water partition coefficient (Wildman–Crippen LogP) is 3.57. The zero-order chi connectivity index (χ0) is 12.3. The lowest BCUT2D eigenvalue weighted by Crippen LogP contribution is -2.03. The smallest absolute Gasteiger partial charge is 0.318 e. The zero-order valence-electron chi connectivity index (χ0n) is 8.91. The first-order valence-electron chi connectivity index (χ1n) is 4.73. The summed E-state index contributed by atoms with van der Waals surface area (Å²) in [6.45, 7) is 0.651. The second kappa shape index (κ2) is 5.66. The van der Waals surface area contributed by atoms with E-state index in [4.69, 9.17) is 16.3 Å². The van der Waals surface area contributed by atoms with Gasteiger partial charge in [-0.15, -0.1) is 11.3 Å². The van der Waals surface area contributed by atoms with Gasteiger partial charge >= 0.3 is 6.01 Å². The number of aromatic nitrogens is 2. The molecular formula is C10H9BrClN3OS. The highest BCUT2D eigenvalue weighted by atomic mass is 79.9. The monoisotopic (exact) mass is 333 g/mol. The summed E-state index contributed by atoms with van der Waals surface area (Å²) in [5.74, 6) is 0.568. The second-order valence-electron chi connectivity index (χ2n) is 3.10. The summed E-state index contributed by atoms with van der Waals surface area (Å²) in [6.07, 6.45) is 1.51. The van der Waals surface area contributed by atoms with Crippen molar-refractivity contribution in [2.75, 3.05) is 12.4 Å². The Labute approximate surface area is 116 Å². The normalized spacial score (nSPS) is 10.3. The van der Waals surface area contributed by atoms with E-state index in [0.29, 0.717) is 23.4 Å². The van der Waals surface area contributed by atoms with Gasteiger partial charge in [0.05, 0.1) is 19.9 Å². The van der Waals surface area contributed by atoms with Gasteiger partial charge in [-0.3, -0.25) is 0 Å². The largest absolute Gasteiger partial charge is 0.467 e. The molecule has 2 aromatic rings. The van der Waals surface area contributed by atoms with E-state index in [9.17, 15) is 0 Å². The molecule has 0 aliphatic carbocycles. The number of hydrogen-bond donors (Lipinski definition) is 1. The first-order valence-corrected chi connectivity index (χ1v) is 6.78. The van der Waals surface area contributed by atoms with Crippen molar-refractivity contribution in [2.45, 2.75) is 6.54 Å². The fourth-order valence-electron chi connectivity index (χ4n) is 1.19. The Morgan fingerprint density at radius 2 is 2.41 bits per heavy atom. The lowest BCUT2D eigenvalue weighted by atomic mass is 10.4. The van der Waals surface area contributed by atoms with Crippen LogP contribution < -0.4 is 10.1 Å². The molecule has 0 radical (unpaired) electrons. The molecule has 2 rings (SSSR count). The van der Waals surface area contributed by atoms with Crippen molar-refractivity contribution in [1.82, 2.24) is 9.97 Å². The Bertz CT molecular complexity index is 520. The molecule has 17 heavy (non-hydrogen) atoms. The number of methoxy groups -OCH3 is 1. The molecule has 0 bridgehead atoms. The standard InChI is InChI=1S/C10H9BrClN3OS/c1-16-10-14-4-7(12)9(15-10)13-5-8-6(11)2-3-17-8/h2-4H,5H2,1H3,(H,13,14,15). The van der Waals surface area contributed by atoms with Gasteiger partial charge in [-0.25, -0.2) is 4.98 Å². The quantitative estimate of drug-likeness (QED) is 0.928. The van der Waals surface area contributed by atoms with Crippen LogP contribution >= 0.6 is 38.9 Å². The molecule has 1 N–H and O–H groups in total. The summed E-state index contributed by atoms with van der Waals surface area (Å²) >= 11 is 11.1. The molecule has 4 nitrogen and oxygen atoms in total. The molecule has 0 aliphatic heterocycles. The summed E-state index contributed by atoms with van der Waals surface area (Å²) in [7, 11) is 1.52. The second-order valence-corrected chi connectivity index (χ2v) is 5.36. The van der Waals surface area contributed by atoms with Gasteiger partial charge in [0.25, 0.3) is 0 Å². The molecule has 0 saturated carbocycles. The highest BCUT2D eigenvalue weighted by molar-refractivity contribution is 9.10. The van der Waals surface area contributed by atoms with Crippen LogP contribution in [0.1, 0.15) is 4.88 Å². The van der Waals surface area contributed by atoms with Crippen LogP contribution in [0, 0.1) is 0 Å². The maximum Gasteiger partial charge on any atom is 0.318 e. The van der Waals surface area contributed by atoms with Crippen molar-refractivity contribution in [3.05, 3.63) is 32.0 Å².